The Hall–Kier alpha value is -0.920. The van der Waals surface area contributed by atoms with Gasteiger partial charge in [0.15, 0.2) is 5.78 Å². The second-order valence-corrected chi connectivity index (χ2v) is 1.98. The Balaban J connectivity index is 2.81. The maximum atomic E-state index is 12.4. The van der Waals surface area contributed by atoms with Gasteiger partial charge in [-0.25, -0.2) is 4.39 Å². The van der Waals surface area contributed by atoms with Gasteiger partial charge in [-0.2, -0.15) is 0 Å². The second-order valence-electron chi connectivity index (χ2n) is 1.98. The van der Waals surface area contributed by atoms with Crippen LogP contribution >= 0.6 is 0 Å². The predicted octanol–water partition coefficient (Wildman–Crippen LogP) is 1.41. The molecule has 0 aromatic rings. The van der Waals surface area contributed by atoms with Crippen molar-refractivity contribution in [2.24, 2.45) is 0 Å². The third-order valence-electron chi connectivity index (χ3n) is 1.30. The number of carbonyl (C=O) groups is 1. The minimum atomic E-state index is -1.24. The summed E-state index contributed by atoms with van der Waals surface area (Å²) in [6.45, 7) is 3.30. The molecule has 0 fully saturated rings. The quantitative estimate of drug-likeness (QED) is 0.354. The van der Waals surface area contributed by atoms with Gasteiger partial charge >= 0.3 is 0 Å². The summed E-state index contributed by atoms with van der Waals surface area (Å²) < 4.78 is 12.4. The number of allylic oxidation sites excluding steroid dienone is 3. The van der Waals surface area contributed by atoms with Gasteiger partial charge in [-0.1, -0.05) is 12.7 Å². The third kappa shape index (κ3) is 1.07. The van der Waals surface area contributed by atoms with E-state index in [0.717, 1.165) is 0 Å². The highest BCUT2D eigenvalue weighted by atomic mass is 19.1. The summed E-state index contributed by atoms with van der Waals surface area (Å²) in [4.78, 5) is 10.6. The molecule has 1 atom stereocenters. The average molecular weight is 126 g/mol. The first-order valence-corrected chi connectivity index (χ1v) is 2.74. The molecular weight excluding hydrogens is 119 g/mol. The smallest absolute Gasteiger partial charge is 0.165 e. The molecule has 0 radical (unpaired) electrons. The molecule has 0 N–H and O–H groups in total. The second kappa shape index (κ2) is 2.13. The van der Waals surface area contributed by atoms with Crippen molar-refractivity contribution in [3.05, 3.63) is 24.3 Å². The fourth-order valence-electron chi connectivity index (χ4n) is 0.696. The molecule has 1 unspecified atom stereocenters. The van der Waals surface area contributed by atoms with Gasteiger partial charge < -0.3 is 0 Å². The van der Waals surface area contributed by atoms with Gasteiger partial charge in [-0.15, -0.1) is 0 Å². The lowest BCUT2D eigenvalue weighted by Crippen LogP contribution is -2.14. The lowest BCUT2D eigenvalue weighted by atomic mass is 10.00. The first-order chi connectivity index (χ1) is 4.22. The van der Waals surface area contributed by atoms with Crippen molar-refractivity contribution in [2.75, 3.05) is 0 Å². The molecule has 9 heavy (non-hydrogen) atoms. The maximum Gasteiger partial charge on any atom is 0.165 e. The predicted molar refractivity (Wildman–Crippen MR) is 32.8 cm³/mol. The molecule has 48 valence electrons. The molecule has 1 aliphatic carbocycles. The number of carbonyl (C=O) groups excluding carboxylic acids is 1. The van der Waals surface area contributed by atoms with Crippen molar-refractivity contribution in [1.82, 2.24) is 0 Å². The van der Waals surface area contributed by atoms with Crippen LogP contribution in [-0.4, -0.2) is 12.0 Å². The van der Waals surface area contributed by atoms with E-state index in [2.05, 4.69) is 6.58 Å². The number of ketones is 1. The van der Waals surface area contributed by atoms with Crippen LogP contribution in [0.15, 0.2) is 24.3 Å². The zero-order valence-corrected chi connectivity index (χ0v) is 4.93. The van der Waals surface area contributed by atoms with Crippen LogP contribution in [0.4, 0.5) is 4.39 Å². The first kappa shape index (κ1) is 6.20. The Kier molecular flexibility index (Phi) is 1.47. The van der Waals surface area contributed by atoms with Crippen LogP contribution in [0.25, 0.3) is 0 Å². The van der Waals surface area contributed by atoms with E-state index in [1.165, 1.54) is 12.2 Å². The molecule has 0 saturated heterocycles. The van der Waals surface area contributed by atoms with Crippen LogP contribution in [0.3, 0.4) is 0 Å². The van der Waals surface area contributed by atoms with Crippen LogP contribution in [0.1, 0.15) is 6.42 Å². The Morgan fingerprint density at radius 2 is 2.44 bits per heavy atom. The molecule has 0 heterocycles. The highest BCUT2D eigenvalue weighted by Crippen LogP contribution is 2.14. The highest BCUT2D eigenvalue weighted by Gasteiger charge is 2.17. The fraction of sp³-hybridized carbons (Fsp3) is 0.286. The van der Waals surface area contributed by atoms with E-state index >= 15 is 0 Å². The van der Waals surface area contributed by atoms with Gasteiger partial charge in [0.25, 0.3) is 0 Å². The Morgan fingerprint density at radius 1 is 1.78 bits per heavy atom. The maximum absolute atomic E-state index is 12.4. The van der Waals surface area contributed by atoms with E-state index in [1.807, 2.05) is 0 Å². The van der Waals surface area contributed by atoms with Gasteiger partial charge in [-0.05, 0) is 6.08 Å². The van der Waals surface area contributed by atoms with E-state index in [9.17, 15) is 9.18 Å². The van der Waals surface area contributed by atoms with Crippen LogP contribution in [0.2, 0.25) is 0 Å². The number of alkyl halides is 1. The lowest BCUT2D eigenvalue weighted by Gasteiger charge is -2.08. The number of halogens is 1. The number of hydrogen-bond acceptors (Lipinski definition) is 1. The van der Waals surface area contributed by atoms with E-state index in [4.69, 9.17) is 0 Å². The Labute approximate surface area is 52.9 Å². The minimum Gasteiger partial charge on any atom is -0.294 e. The number of Topliss-reactive ketones (excluding diaryl/α,β-unsaturated/α-hetero) is 1. The normalized spacial score (nSPS) is 27.0. The van der Waals surface area contributed by atoms with Crippen molar-refractivity contribution in [2.45, 2.75) is 12.6 Å². The summed E-state index contributed by atoms with van der Waals surface area (Å²) in [5.41, 5.74) is 0.0810. The van der Waals surface area contributed by atoms with Crippen LogP contribution < -0.4 is 0 Å². The topological polar surface area (TPSA) is 17.1 Å². The van der Waals surface area contributed by atoms with E-state index in [-0.39, 0.29) is 11.4 Å². The monoisotopic (exact) mass is 126 g/mol. The standard InChI is InChI=1S/C7H7FO/c1-5-6(8)3-2-4-7(5)9/h2-3,6H,1,4H2. The van der Waals surface area contributed by atoms with Crippen LogP contribution in [-0.2, 0) is 4.79 Å². The van der Waals surface area contributed by atoms with Crippen molar-refractivity contribution in [3.63, 3.8) is 0 Å². The molecule has 0 amide bonds. The van der Waals surface area contributed by atoms with Gasteiger partial charge in [0.2, 0.25) is 0 Å². The van der Waals surface area contributed by atoms with E-state index < -0.39 is 6.17 Å². The summed E-state index contributed by atoms with van der Waals surface area (Å²) in [7, 11) is 0. The van der Waals surface area contributed by atoms with Crippen molar-refractivity contribution >= 4 is 5.78 Å². The molecule has 1 nitrogen and oxygen atoms in total. The largest absolute Gasteiger partial charge is 0.294 e. The summed E-state index contributed by atoms with van der Waals surface area (Å²) in [6.07, 6.45) is 1.94. The molecule has 2 heteroatoms. The molecular formula is C7H7FO. The summed E-state index contributed by atoms with van der Waals surface area (Å²) >= 11 is 0. The Morgan fingerprint density at radius 3 is 2.89 bits per heavy atom. The fourth-order valence-corrected chi connectivity index (χ4v) is 0.696. The SMILES string of the molecule is C=C1C(=O)CC=CC1F. The molecule has 0 bridgehead atoms. The third-order valence-corrected chi connectivity index (χ3v) is 1.30. The number of rotatable bonds is 0. The summed E-state index contributed by atoms with van der Waals surface area (Å²) in [6, 6.07) is 0. The zero-order valence-electron chi connectivity index (χ0n) is 4.93. The molecule has 1 aliphatic rings. The Bertz CT molecular complexity index is 181. The minimum absolute atomic E-state index is 0.0810. The molecule has 0 aromatic carbocycles. The zero-order chi connectivity index (χ0) is 6.85. The molecule has 0 aliphatic heterocycles. The molecule has 1 rings (SSSR count). The summed E-state index contributed by atoms with van der Waals surface area (Å²) in [5, 5.41) is 0. The van der Waals surface area contributed by atoms with Crippen LogP contribution in [0, 0.1) is 0 Å². The van der Waals surface area contributed by atoms with E-state index in [1.54, 1.807) is 0 Å². The average Bonchev–Trinajstić information content (AvgIpc) is 1.83. The van der Waals surface area contributed by atoms with Crippen molar-refractivity contribution < 1.29 is 9.18 Å². The highest BCUT2D eigenvalue weighted by molar-refractivity contribution is 5.98. The van der Waals surface area contributed by atoms with Crippen molar-refractivity contribution in [3.8, 4) is 0 Å². The first-order valence-electron chi connectivity index (χ1n) is 2.74. The number of hydrogen-bond donors (Lipinski definition) is 0. The lowest BCUT2D eigenvalue weighted by molar-refractivity contribution is -0.115. The molecule has 0 saturated carbocycles. The van der Waals surface area contributed by atoms with Gasteiger partial charge in [0, 0.05) is 12.0 Å². The van der Waals surface area contributed by atoms with E-state index in [0.29, 0.717) is 6.42 Å². The van der Waals surface area contributed by atoms with Crippen LogP contribution in [0.5, 0.6) is 0 Å². The van der Waals surface area contributed by atoms with Gasteiger partial charge in [0.1, 0.15) is 6.17 Å². The van der Waals surface area contributed by atoms with Gasteiger partial charge in [-0.3, -0.25) is 4.79 Å². The van der Waals surface area contributed by atoms with Crippen molar-refractivity contribution in [1.29, 1.82) is 0 Å². The molecule has 0 spiro atoms. The molecule has 0 aromatic heterocycles. The van der Waals surface area contributed by atoms with Gasteiger partial charge in [0.05, 0.1) is 0 Å². The summed E-state index contributed by atoms with van der Waals surface area (Å²) in [5.74, 6) is -0.190.